The van der Waals surface area contributed by atoms with Crippen molar-refractivity contribution in [1.29, 1.82) is 0 Å². The van der Waals surface area contributed by atoms with Gasteiger partial charge in [-0.3, -0.25) is 0 Å². The maximum atomic E-state index is 13.2. The van der Waals surface area contributed by atoms with Crippen LogP contribution in [0.5, 0.6) is 0 Å². The van der Waals surface area contributed by atoms with Crippen molar-refractivity contribution < 1.29 is 30.7 Å². The fraction of sp³-hybridized carbons (Fsp3) is 0.182. The smallest absolute Gasteiger partial charge is 0.359 e. The maximum Gasteiger partial charge on any atom is 0.416 e. The summed E-state index contributed by atoms with van der Waals surface area (Å²) < 4.78 is 91.5. The Bertz CT molecular complexity index is 1340. The van der Waals surface area contributed by atoms with E-state index in [0.717, 1.165) is 6.07 Å². The summed E-state index contributed by atoms with van der Waals surface area (Å²) in [6.45, 7) is -1.79. The zero-order chi connectivity index (χ0) is 25.2. The highest BCUT2D eigenvalue weighted by molar-refractivity contribution is 5.85. The molecule has 6 nitrogen and oxygen atoms in total. The minimum absolute atomic E-state index is 0.0952. The van der Waals surface area contributed by atoms with Gasteiger partial charge in [-0.15, -0.1) is 0 Å². The van der Waals surface area contributed by atoms with Crippen LogP contribution in [0.1, 0.15) is 11.1 Å². The summed E-state index contributed by atoms with van der Waals surface area (Å²) in [5.74, 6) is -1.06. The second-order valence-electron chi connectivity index (χ2n) is 7.31. The lowest BCUT2D eigenvalue weighted by Crippen LogP contribution is -2.22. The molecule has 35 heavy (non-hydrogen) atoms. The van der Waals surface area contributed by atoms with E-state index in [2.05, 4.69) is 30.6 Å². The zero-order valence-corrected chi connectivity index (χ0v) is 17.5. The lowest BCUT2D eigenvalue weighted by molar-refractivity contribution is -0.138. The van der Waals surface area contributed by atoms with Crippen LogP contribution in [-0.2, 0) is 12.7 Å². The summed E-state index contributed by atoms with van der Waals surface area (Å²) in [5, 5.41) is 4.73. The third kappa shape index (κ3) is 5.91. The summed E-state index contributed by atoms with van der Waals surface area (Å²) in [5.41, 5.74) is -0.484. The Labute approximate surface area is 193 Å². The van der Waals surface area contributed by atoms with Crippen molar-refractivity contribution in [2.45, 2.75) is 18.9 Å². The van der Waals surface area contributed by atoms with Crippen molar-refractivity contribution in [3.63, 3.8) is 0 Å². The van der Waals surface area contributed by atoms with Gasteiger partial charge in [0.2, 0.25) is 5.95 Å². The second-order valence-corrected chi connectivity index (χ2v) is 7.31. The highest BCUT2D eigenvalue weighted by atomic mass is 19.4. The number of anilines is 2. The largest absolute Gasteiger partial charge is 0.416 e. The molecule has 13 heteroatoms. The van der Waals surface area contributed by atoms with E-state index in [0.29, 0.717) is 5.56 Å². The molecule has 0 aliphatic rings. The van der Waals surface area contributed by atoms with E-state index in [1.807, 2.05) is 0 Å². The van der Waals surface area contributed by atoms with Crippen molar-refractivity contribution in [3.8, 4) is 11.3 Å². The van der Waals surface area contributed by atoms with Crippen molar-refractivity contribution in [1.82, 2.24) is 19.9 Å². The van der Waals surface area contributed by atoms with Gasteiger partial charge in [0, 0.05) is 12.1 Å². The first-order valence-corrected chi connectivity index (χ1v) is 10.00. The SMILES string of the molecule is Fc1ccc(-c2cnc3nc(NCc4ccccc4C(F)(F)F)nc(NCC(F)(F)F)c3n2)cc1. The Morgan fingerprint density at radius 3 is 2.20 bits per heavy atom. The quantitative estimate of drug-likeness (QED) is 0.327. The molecule has 0 unspecified atom stereocenters. The van der Waals surface area contributed by atoms with Crippen LogP contribution in [0.2, 0.25) is 0 Å². The molecule has 0 amide bonds. The van der Waals surface area contributed by atoms with Crippen molar-refractivity contribution in [2.24, 2.45) is 0 Å². The number of benzene rings is 2. The van der Waals surface area contributed by atoms with Crippen molar-refractivity contribution in [2.75, 3.05) is 17.2 Å². The molecule has 2 heterocycles. The summed E-state index contributed by atoms with van der Waals surface area (Å²) in [7, 11) is 0. The molecule has 4 aromatic rings. The molecule has 0 atom stereocenters. The van der Waals surface area contributed by atoms with Gasteiger partial charge in [0.15, 0.2) is 17.0 Å². The molecule has 2 aromatic carbocycles. The predicted molar refractivity (Wildman–Crippen MR) is 114 cm³/mol. The Morgan fingerprint density at radius 1 is 0.800 bits per heavy atom. The minimum Gasteiger partial charge on any atom is -0.359 e. The molecule has 0 saturated carbocycles. The van der Waals surface area contributed by atoms with Gasteiger partial charge in [-0.05, 0) is 35.9 Å². The second kappa shape index (κ2) is 9.31. The summed E-state index contributed by atoms with van der Waals surface area (Å²) in [6.07, 6.45) is -7.89. The Balaban J connectivity index is 1.70. The Kier molecular flexibility index (Phi) is 6.41. The average molecular weight is 496 g/mol. The zero-order valence-electron chi connectivity index (χ0n) is 17.5. The molecule has 0 radical (unpaired) electrons. The number of hydrogen-bond acceptors (Lipinski definition) is 6. The van der Waals surface area contributed by atoms with Crippen LogP contribution < -0.4 is 10.6 Å². The van der Waals surface area contributed by atoms with E-state index in [9.17, 15) is 30.7 Å². The van der Waals surface area contributed by atoms with E-state index in [1.165, 1.54) is 48.7 Å². The van der Waals surface area contributed by atoms with Crippen LogP contribution in [0.4, 0.5) is 42.5 Å². The molecular formula is C22H15F7N6. The Hall–Kier alpha value is -4.03. The van der Waals surface area contributed by atoms with Gasteiger partial charge in [-0.1, -0.05) is 18.2 Å². The van der Waals surface area contributed by atoms with Gasteiger partial charge >= 0.3 is 12.4 Å². The van der Waals surface area contributed by atoms with Crippen molar-refractivity contribution in [3.05, 3.63) is 71.7 Å². The van der Waals surface area contributed by atoms with E-state index in [4.69, 9.17) is 0 Å². The lowest BCUT2D eigenvalue weighted by Gasteiger charge is -2.15. The summed E-state index contributed by atoms with van der Waals surface area (Å²) >= 11 is 0. The number of alkyl halides is 6. The van der Waals surface area contributed by atoms with E-state index in [-0.39, 0.29) is 40.7 Å². The summed E-state index contributed by atoms with van der Waals surface area (Å²) in [6, 6.07) is 10.1. The van der Waals surface area contributed by atoms with Crippen LogP contribution in [-0.4, -0.2) is 32.7 Å². The third-order valence-corrected chi connectivity index (χ3v) is 4.76. The monoisotopic (exact) mass is 496 g/mol. The number of fused-ring (bicyclic) bond motifs is 1. The summed E-state index contributed by atoms with van der Waals surface area (Å²) in [4.78, 5) is 16.4. The number of aromatic nitrogens is 4. The van der Waals surface area contributed by atoms with E-state index in [1.54, 1.807) is 0 Å². The highest BCUT2D eigenvalue weighted by Gasteiger charge is 2.33. The molecule has 0 aliphatic carbocycles. The van der Waals surface area contributed by atoms with Gasteiger partial charge in [0.25, 0.3) is 0 Å². The molecule has 2 N–H and O–H groups in total. The standard InChI is InChI=1S/C22H15F7N6/c23-14-7-5-12(6-8-14)16-10-30-18-17(33-16)19(32-11-21(24,25)26)35-20(34-18)31-9-13-3-1-2-4-15(13)22(27,28)29/h1-8,10H,9,11H2,(H2,30,31,32,34,35). The van der Waals surface area contributed by atoms with Crippen LogP contribution in [0.25, 0.3) is 22.4 Å². The van der Waals surface area contributed by atoms with Crippen LogP contribution in [0.15, 0.2) is 54.7 Å². The molecule has 0 bridgehead atoms. The number of nitrogens with one attached hydrogen (secondary N) is 2. The molecule has 4 rings (SSSR count). The first-order chi connectivity index (χ1) is 16.5. The molecule has 0 fully saturated rings. The van der Waals surface area contributed by atoms with Gasteiger partial charge in [-0.25, -0.2) is 14.4 Å². The average Bonchev–Trinajstić information content (AvgIpc) is 2.80. The van der Waals surface area contributed by atoms with E-state index < -0.39 is 30.3 Å². The number of nitrogens with zero attached hydrogens (tertiary/aromatic N) is 4. The highest BCUT2D eigenvalue weighted by Crippen LogP contribution is 2.32. The van der Waals surface area contributed by atoms with E-state index >= 15 is 0 Å². The van der Waals surface area contributed by atoms with Gasteiger partial charge in [0.05, 0.1) is 17.5 Å². The van der Waals surface area contributed by atoms with Crippen molar-refractivity contribution >= 4 is 22.9 Å². The first kappa shape index (κ1) is 24.1. The van der Waals surface area contributed by atoms with Gasteiger partial charge in [-0.2, -0.15) is 36.3 Å². The van der Waals surface area contributed by atoms with Crippen LogP contribution in [0.3, 0.4) is 0 Å². The lowest BCUT2D eigenvalue weighted by atomic mass is 10.1. The normalized spacial score (nSPS) is 12.1. The maximum absolute atomic E-state index is 13.2. The first-order valence-electron chi connectivity index (χ1n) is 10.00. The van der Waals surface area contributed by atoms with Gasteiger partial charge in [0.1, 0.15) is 12.4 Å². The fourth-order valence-corrected chi connectivity index (χ4v) is 3.18. The molecule has 2 aromatic heterocycles. The van der Waals surface area contributed by atoms with Gasteiger partial charge < -0.3 is 10.6 Å². The van der Waals surface area contributed by atoms with Crippen LogP contribution in [0, 0.1) is 5.82 Å². The molecule has 0 saturated heterocycles. The molecular weight excluding hydrogens is 481 g/mol. The number of halogens is 7. The third-order valence-electron chi connectivity index (χ3n) is 4.76. The number of rotatable bonds is 6. The van der Waals surface area contributed by atoms with Crippen LogP contribution >= 0.6 is 0 Å². The topological polar surface area (TPSA) is 75.6 Å². The number of hydrogen-bond donors (Lipinski definition) is 2. The molecule has 0 aliphatic heterocycles. The molecule has 182 valence electrons. The fourth-order valence-electron chi connectivity index (χ4n) is 3.18. The molecule has 0 spiro atoms. The minimum atomic E-state index is -4.59. The Morgan fingerprint density at radius 2 is 1.51 bits per heavy atom. The predicted octanol–water partition coefficient (Wildman–Crippen LogP) is 5.83.